The minimum atomic E-state index is 0.278. The number of hydrogen-bond donors (Lipinski definition) is 1. The summed E-state index contributed by atoms with van der Waals surface area (Å²) in [6, 6.07) is 7.52. The van der Waals surface area contributed by atoms with Crippen LogP contribution in [0.15, 0.2) is 29.2 Å². The van der Waals surface area contributed by atoms with Gasteiger partial charge in [0.2, 0.25) is 0 Å². The molecular formula is C9H10ClNOS. The molecule has 1 aromatic rings. The fourth-order valence-electron chi connectivity index (χ4n) is 0.739. The van der Waals surface area contributed by atoms with Gasteiger partial charge in [0.15, 0.2) is 5.90 Å². The SMILES string of the molecule is COC(=N)CSc1ccc(Cl)cc1. The molecule has 0 aliphatic rings. The number of methoxy groups -OCH3 is 1. The van der Waals surface area contributed by atoms with E-state index in [1.165, 1.54) is 7.11 Å². The largest absolute Gasteiger partial charge is 0.484 e. The predicted molar refractivity (Wildman–Crippen MR) is 56.9 cm³/mol. The van der Waals surface area contributed by atoms with Gasteiger partial charge in [0.05, 0.1) is 12.9 Å². The van der Waals surface area contributed by atoms with Gasteiger partial charge in [-0.15, -0.1) is 11.8 Å². The number of ether oxygens (including phenoxy) is 1. The molecule has 0 aliphatic heterocycles. The van der Waals surface area contributed by atoms with Gasteiger partial charge in [0.1, 0.15) is 0 Å². The highest BCUT2D eigenvalue weighted by Crippen LogP contribution is 2.20. The van der Waals surface area contributed by atoms with Gasteiger partial charge >= 0.3 is 0 Å². The van der Waals surface area contributed by atoms with Crippen molar-refractivity contribution in [1.29, 1.82) is 5.41 Å². The van der Waals surface area contributed by atoms with Crippen molar-refractivity contribution in [3.8, 4) is 0 Å². The van der Waals surface area contributed by atoms with Crippen LogP contribution < -0.4 is 0 Å². The molecule has 0 unspecified atom stereocenters. The van der Waals surface area contributed by atoms with E-state index in [1.54, 1.807) is 11.8 Å². The molecule has 0 aliphatic carbocycles. The summed E-state index contributed by atoms with van der Waals surface area (Å²) < 4.78 is 4.73. The number of benzene rings is 1. The quantitative estimate of drug-likeness (QED) is 0.478. The summed E-state index contributed by atoms with van der Waals surface area (Å²) in [6.07, 6.45) is 0. The minimum absolute atomic E-state index is 0.278. The topological polar surface area (TPSA) is 33.1 Å². The highest BCUT2D eigenvalue weighted by Gasteiger charge is 1.97. The van der Waals surface area contributed by atoms with Crippen molar-refractivity contribution in [2.45, 2.75) is 4.90 Å². The molecule has 0 aromatic heterocycles. The predicted octanol–water partition coefficient (Wildman–Crippen LogP) is 3.06. The Hall–Kier alpha value is -0.670. The van der Waals surface area contributed by atoms with Crippen LogP contribution >= 0.6 is 23.4 Å². The van der Waals surface area contributed by atoms with Gasteiger partial charge in [0, 0.05) is 9.92 Å². The normalized spacial score (nSPS) is 9.69. The molecule has 0 spiro atoms. The number of halogens is 1. The maximum Gasteiger partial charge on any atom is 0.190 e. The van der Waals surface area contributed by atoms with Gasteiger partial charge in [-0.2, -0.15) is 0 Å². The lowest BCUT2D eigenvalue weighted by molar-refractivity contribution is 0.397. The van der Waals surface area contributed by atoms with E-state index in [2.05, 4.69) is 0 Å². The van der Waals surface area contributed by atoms with Crippen molar-refractivity contribution in [3.63, 3.8) is 0 Å². The first-order chi connectivity index (χ1) is 6.22. The van der Waals surface area contributed by atoms with Crippen molar-refractivity contribution in [1.82, 2.24) is 0 Å². The number of thioether (sulfide) groups is 1. The Balaban J connectivity index is 2.46. The molecule has 0 heterocycles. The van der Waals surface area contributed by atoms with E-state index in [9.17, 15) is 0 Å². The average Bonchev–Trinajstić information content (AvgIpc) is 2.16. The fraction of sp³-hybridized carbons (Fsp3) is 0.222. The van der Waals surface area contributed by atoms with Crippen LogP contribution in [0.25, 0.3) is 0 Å². The molecule has 1 N–H and O–H groups in total. The second-order valence-electron chi connectivity index (χ2n) is 2.37. The summed E-state index contributed by atoms with van der Waals surface area (Å²) in [5, 5.41) is 7.99. The molecular weight excluding hydrogens is 206 g/mol. The zero-order valence-corrected chi connectivity index (χ0v) is 8.78. The third kappa shape index (κ3) is 3.70. The van der Waals surface area contributed by atoms with Crippen molar-refractivity contribution in [2.24, 2.45) is 0 Å². The molecule has 0 atom stereocenters. The van der Waals surface area contributed by atoms with Crippen molar-refractivity contribution < 1.29 is 4.74 Å². The van der Waals surface area contributed by atoms with E-state index >= 15 is 0 Å². The van der Waals surface area contributed by atoms with Crippen LogP contribution in [0.4, 0.5) is 0 Å². The van der Waals surface area contributed by atoms with Crippen LogP contribution in [0.2, 0.25) is 5.02 Å². The Bertz CT molecular complexity index is 286. The molecule has 13 heavy (non-hydrogen) atoms. The van der Waals surface area contributed by atoms with Gasteiger partial charge in [-0.3, -0.25) is 5.41 Å². The first kappa shape index (κ1) is 10.4. The summed E-state index contributed by atoms with van der Waals surface area (Å²) in [7, 11) is 1.50. The van der Waals surface area contributed by atoms with Crippen LogP contribution in [0, 0.1) is 5.41 Å². The zero-order chi connectivity index (χ0) is 9.68. The summed E-state index contributed by atoms with van der Waals surface area (Å²) in [5.74, 6) is 0.831. The molecule has 0 radical (unpaired) electrons. The molecule has 1 rings (SSSR count). The van der Waals surface area contributed by atoms with Crippen molar-refractivity contribution in [3.05, 3.63) is 29.3 Å². The maximum absolute atomic E-state index is 7.26. The summed E-state index contributed by atoms with van der Waals surface area (Å²) in [6.45, 7) is 0. The molecule has 4 heteroatoms. The van der Waals surface area contributed by atoms with Crippen LogP contribution in [0.5, 0.6) is 0 Å². The molecule has 0 fully saturated rings. The van der Waals surface area contributed by atoms with E-state index in [0.29, 0.717) is 5.75 Å². The lowest BCUT2D eigenvalue weighted by Crippen LogP contribution is -2.01. The smallest absolute Gasteiger partial charge is 0.190 e. The lowest BCUT2D eigenvalue weighted by atomic mass is 10.4. The Kier molecular flexibility index (Phi) is 4.12. The highest BCUT2D eigenvalue weighted by molar-refractivity contribution is 8.00. The highest BCUT2D eigenvalue weighted by atomic mass is 35.5. The standard InChI is InChI=1S/C9H10ClNOS/c1-12-9(11)6-13-8-4-2-7(10)3-5-8/h2-5,11H,6H2,1H3. The zero-order valence-electron chi connectivity index (χ0n) is 7.21. The van der Waals surface area contributed by atoms with Crippen LogP contribution in [0.1, 0.15) is 0 Å². The molecule has 0 saturated carbocycles. The third-order valence-electron chi connectivity index (χ3n) is 1.43. The Morgan fingerprint density at radius 2 is 2.08 bits per heavy atom. The van der Waals surface area contributed by atoms with E-state index in [-0.39, 0.29) is 5.90 Å². The van der Waals surface area contributed by atoms with E-state index in [0.717, 1.165) is 9.92 Å². The summed E-state index contributed by atoms with van der Waals surface area (Å²) >= 11 is 7.28. The fourth-order valence-corrected chi connectivity index (χ4v) is 1.61. The average molecular weight is 216 g/mol. The molecule has 0 bridgehead atoms. The van der Waals surface area contributed by atoms with Crippen molar-refractivity contribution in [2.75, 3.05) is 12.9 Å². The van der Waals surface area contributed by atoms with Crippen LogP contribution in [-0.4, -0.2) is 18.8 Å². The Labute approximate surface area is 86.8 Å². The van der Waals surface area contributed by atoms with E-state index in [4.69, 9.17) is 21.7 Å². The monoisotopic (exact) mass is 215 g/mol. The second kappa shape index (κ2) is 5.14. The van der Waals surface area contributed by atoms with Gasteiger partial charge in [0.25, 0.3) is 0 Å². The first-order valence-electron chi connectivity index (χ1n) is 3.72. The Morgan fingerprint density at radius 3 is 2.62 bits per heavy atom. The number of rotatable bonds is 3. The summed E-state index contributed by atoms with van der Waals surface area (Å²) in [4.78, 5) is 1.09. The first-order valence-corrected chi connectivity index (χ1v) is 5.08. The van der Waals surface area contributed by atoms with Gasteiger partial charge in [-0.25, -0.2) is 0 Å². The third-order valence-corrected chi connectivity index (χ3v) is 2.69. The number of nitrogens with one attached hydrogen (secondary N) is 1. The van der Waals surface area contributed by atoms with E-state index in [1.807, 2.05) is 24.3 Å². The molecule has 2 nitrogen and oxygen atoms in total. The molecule has 1 aromatic carbocycles. The van der Waals surface area contributed by atoms with Gasteiger partial charge in [-0.1, -0.05) is 11.6 Å². The molecule has 0 amide bonds. The van der Waals surface area contributed by atoms with Crippen molar-refractivity contribution >= 4 is 29.3 Å². The second-order valence-corrected chi connectivity index (χ2v) is 3.86. The van der Waals surface area contributed by atoms with Gasteiger partial charge < -0.3 is 4.74 Å². The Morgan fingerprint density at radius 1 is 1.46 bits per heavy atom. The lowest BCUT2D eigenvalue weighted by Gasteiger charge is -2.01. The molecule has 0 saturated heterocycles. The molecule has 70 valence electrons. The van der Waals surface area contributed by atoms with Gasteiger partial charge in [-0.05, 0) is 24.3 Å². The summed E-state index contributed by atoms with van der Waals surface area (Å²) in [5.41, 5.74) is 0. The maximum atomic E-state index is 7.26. The minimum Gasteiger partial charge on any atom is -0.484 e. The number of hydrogen-bond acceptors (Lipinski definition) is 3. The van der Waals surface area contributed by atoms with E-state index < -0.39 is 0 Å². The van der Waals surface area contributed by atoms with Crippen LogP contribution in [0.3, 0.4) is 0 Å². The van der Waals surface area contributed by atoms with Crippen LogP contribution in [-0.2, 0) is 4.74 Å².